The van der Waals surface area contributed by atoms with E-state index in [-0.39, 0.29) is 0 Å². The molecule has 0 aliphatic carbocycles. The van der Waals surface area contributed by atoms with Gasteiger partial charge in [-0.1, -0.05) is 0 Å². The summed E-state index contributed by atoms with van der Waals surface area (Å²) in [5.41, 5.74) is 0. The topological polar surface area (TPSA) is 248 Å². The van der Waals surface area contributed by atoms with E-state index in [4.69, 9.17) is 23.7 Å². The third-order valence-electron chi connectivity index (χ3n) is 6.05. The van der Waals surface area contributed by atoms with Gasteiger partial charge in [0.05, 0.1) is 19.3 Å². The van der Waals surface area contributed by atoms with Crippen LogP contribution in [0.25, 0.3) is 0 Å². The second-order valence-electron chi connectivity index (χ2n) is 8.32. The van der Waals surface area contributed by atoms with Gasteiger partial charge in [0.25, 0.3) is 0 Å². The van der Waals surface area contributed by atoms with E-state index in [1.165, 1.54) is 6.92 Å². The van der Waals surface area contributed by atoms with Crippen molar-refractivity contribution >= 4 is 0 Å². The standard InChI is InChI=1S/C18H32O15/c1-4-7(21)9(23)13(27)17(29-4)33-15-10(24)8(22)5(2-19)31-18(15)32-14-6(3-20)30-16(28)12(26)11(14)25/h4-28H,2-3H2,1H3/t4?,5?,6?,7-,8+,9+,10?,11?,12+,13?,14-,15+,16-,17+,18+/m1/s1. The first kappa shape index (κ1) is 27.0. The molecule has 3 fully saturated rings. The van der Waals surface area contributed by atoms with Gasteiger partial charge in [-0.15, -0.1) is 0 Å². The summed E-state index contributed by atoms with van der Waals surface area (Å²) < 4.78 is 26.9. The van der Waals surface area contributed by atoms with Crippen molar-refractivity contribution in [1.29, 1.82) is 0 Å². The first-order chi connectivity index (χ1) is 15.5. The minimum absolute atomic E-state index is 0.760. The zero-order valence-corrected chi connectivity index (χ0v) is 17.6. The van der Waals surface area contributed by atoms with Crippen molar-refractivity contribution in [2.24, 2.45) is 0 Å². The Bertz CT molecular complexity index is 624. The lowest BCUT2D eigenvalue weighted by Crippen LogP contribution is -2.66. The maximum atomic E-state index is 10.6. The summed E-state index contributed by atoms with van der Waals surface area (Å²) in [6.07, 6.45) is -24.1. The molecule has 3 aliphatic heterocycles. The van der Waals surface area contributed by atoms with Gasteiger partial charge in [0, 0.05) is 0 Å². The number of ether oxygens (including phenoxy) is 5. The third kappa shape index (κ3) is 5.32. The highest BCUT2D eigenvalue weighted by Gasteiger charge is 2.53. The van der Waals surface area contributed by atoms with E-state index < -0.39 is 105 Å². The smallest absolute Gasteiger partial charge is 0.187 e. The van der Waals surface area contributed by atoms with Crippen LogP contribution in [0, 0.1) is 0 Å². The lowest BCUT2D eigenvalue weighted by Gasteiger charge is -2.48. The molecule has 3 aliphatic rings. The first-order valence-electron chi connectivity index (χ1n) is 10.4. The average molecular weight is 488 g/mol. The summed E-state index contributed by atoms with van der Waals surface area (Å²) in [4.78, 5) is 0. The Kier molecular flexibility index (Phi) is 8.99. The number of hydrogen-bond donors (Lipinski definition) is 10. The summed E-state index contributed by atoms with van der Waals surface area (Å²) in [6.45, 7) is -0.128. The molecular formula is C18H32O15. The number of aliphatic hydroxyl groups is 10. The fourth-order valence-corrected chi connectivity index (χ4v) is 3.98. The largest absolute Gasteiger partial charge is 0.394 e. The van der Waals surface area contributed by atoms with Gasteiger partial charge in [-0.2, -0.15) is 0 Å². The van der Waals surface area contributed by atoms with E-state index in [0.717, 1.165) is 0 Å². The van der Waals surface area contributed by atoms with Crippen molar-refractivity contribution in [2.45, 2.75) is 99.0 Å². The van der Waals surface area contributed by atoms with Gasteiger partial charge in [0.15, 0.2) is 18.9 Å². The molecule has 0 radical (unpaired) electrons. The van der Waals surface area contributed by atoms with Gasteiger partial charge in [-0.05, 0) is 6.92 Å². The summed E-state index contributed by atoms with van der Waals surface area (Å²) in [7, 11) is 0. The van der Waals surface area contributed by atoms with Gasteiger partial charge in [-0.25, -0.2) is 0 Å². The molecule has 0 saturated carbocycles. The molecule has 0 bridgehead atoms. The lowest BCUT2D eigenvalue weighted by atomic mass is 9.96. The van der Waals surface area contributed by atoms with Crippen LogP contribution in [0.3, 0.4) is 0 Å². The van der Waals surface area contributed by atoms with E-state index in [1.807, 2.05) is 0 Å². The van der Waals surface area contributed by atoms with Gasteiger partial charge in [-0.3, -0.25) is 0 Å². The van der Waals surface area contributed by atoms with E-state index in [1.54, 1.807) is 0 Å². The minimum atomic E-state index is -1.83. The molecule has 0 aromatic rings. The molecule has 0 aromatic carbocycles. The SMILES string of the molecule is CC1O[C@@H](O[C@H]2C(O)[C@@H](O)C(CO)O[C@H]2O[C@@H]2C(CO)O[C@@H](O)[C@@H](O)C2O)C(O)[C@@H](O)[C@@H]1O. The Morgan fingerprint density at radius 2 is 1.12 bits per heavy atom. The molecule has 33 heavy (non-hydrogen) atoms. The predicted octanol–water partition coefficient (Wildman–Crippen LogP) is -6.55. The van der Waals surface area contributed by atoms with Crippen molar-refractivity contribution in [3.8, 4) is 0 Å². The Hall–Kier alpha value is -0.600. The monoisotopic (exact) mass is 488 g/mol. The highest BCUT2D eigenvalue weighted by molar-refractivity contribution is 4.95. The van der Waals surface area contributed by atoms with Crippen LogP contribution in [0.5, 0.6) is 0 Å². The highest BCUT2D eigenvalue weighted by Crippen LogP contribution is 2.32. The summed E-state index contributed by atoms with van der Waals surface area (Å²) in [5, 5.41) is 99.8. The molecule has 3 heterocycles. The molecular weight excluding hydrogens is 456 g/mol. The Labute approximate surface area is 187 Å². The molecule has 194 valence electrons. The average Bonchev–Trinajstić information content (AvgIpc) is 2.80. The fraction of sp³-hybridized carbons (Fsp3) is 1.00. The minimum Gasteiger partial charge on any atom is -0.394 e. The van der Waals surface area contributed by atoms with Gasteiger partial charge in [0.2, 0.25) is 0 Å². The Morgan fingerprint density at radius 1 is 0.545 bits per heavy atom. The predicted molar refractivity (Wildman–Crippen MR) is 99.8 cm³/mol. The number of rotatable bonds is 6. The van der Waals surface area contributed by atoms with Crippen LogP contribution in [0.2, 0.25) is 0 Å². The molecule has 0 amide bonds. The molecule has 0 aromatic heterocycles. The van der Waals surface area contributed by atoms with Gasteiger partial charge >= 0.3 is 0 Å². The zero-order valence-electron chi connectivity index (χ0n) is 17.6. The lowest BCUT2D eigenvalue weighted by molar-refractivity contribution is -0.385. The first-order valence-corrected chi connectivity index (χ1v) is 10.4. The van der Waals surface area contributed by atoms with Gasteiger partial charge in [0.1, 0.15) is 67.1 Å². The molecule has 15 nitrogen and oxygen atoms in total. The highest BCUT2D eigenvalue weighted by atomic mass is 16.8. The zero-order chi connectivity index (χ0) is 24.6. The van der Waals surface area contributed by atoms with Crippen LogP contribution >= 0.6 is 0 Å². The molecule has 15 atom stereocenters. The summed E-state index contributed by atoms with van der Waals surface area (Å²) >= 11 is 0. The van der Waals surface area contributed by atoms with Crippen molar-refractivity contribution in [3.63, 3.8) is 0 Å². The van der Waals surface area contributed by atoms with Crippen LogP contribution in [-0.4, -0.2) is 156 Å². The van der Waals surface area contributed by atoms with Crippen LogP contribution in [-0.2, 0) is 23.7 Å². The Morgan fingerprint density at radius 3 is 1.73 bits per heavy atom. The molecule has 15 heteroatoms. The molecule has 10 N–H and O–H groups in total. The van der Waals surface area contributed by atoms with E-state index >= 15 is 0 Å². The molecule has 6 unspecified atom stereocenters. The van der Waals surface area contributed by atoms with Crippen LogP contribution in [0.15, 0.2) is 0 Å². The summed E-state index contributed by atoms with van der Waals surface area (Å²) in [6, 6.07) is 0. The second-order valence-corrected chi connectivity index (χ2v) is 8.32. The fourth-order valence-electron chi connectivity index (χ4n) is 3.98. The van der Waals surface area contributed by atoms with Gasteiger partial charge < -0.3 is 74.7 Å². The van der Waals surface area contributed by atoms with Crippen molar-refractivity contribution in [1.82, 2.24) is 0 Å². The van der Waals surface area contributed by atoms with E-state index in [2.05, 4.69) is 0 Å². The van der Waals surface area contributed by atoms with Crippen LogP contribution in [0.4, 0.5) is 0 Å². The number of aliphatic hydroxyl groups excluding tert-OH is 10. The maximum Gasteiger partial charge on any atom is 0.187 e. The van der Waals surface area contributed by atoms with E-state index in [9.17, 15) is 51.1 Å². The molecule has 0 spiro atoms. The maximum absolute atomic E-state index is 10.6. The van der Waals surface area contributed by atoms with Crippen molar-refractivity contribution in [3.05, 3.63) is 0 Å². The van der Waals surface area contributed by atoms with Crippen molar-refractivity contribution < 1.29 is 74.7 Å². The molecule has 3 rings (SSSR count). The van der Waals surface area contributed by atoms with Crippen LogP contribution in [0.1, 0.15) is 6.92 Å². The number of hydrogen-bond acceptors (Lipinski definition) is 15. The quantitative estimate of drug-likeness (QED) is 0.167. The second kappa shape index (κ2) is 11.0. The van der Waals surface area contributed by atoms with E-state index in [0.29, 0.717) is 0 Å². The normalized spacial score (nSPS) is 53.7. The molecule has 3 saturated heterocycles. The summed E-state index contributed by atoms with van der Waals surface area (Å²) in [5.74, 6) is 0. The Balaban J connectivity index is 1.83. The third-order valence-corrected chi connectivity index (χ3v) is 6.05. The van der Waals surface area contributed by atoms with Crippen LogP contribution < -0.4 is 0 Å². The van der Waals surface area contributed by atoms with Crippen molar-refractivity contribution in [2.75, 3.05) is 13.2 Å².